The van der Waals surface area contributed by atoms with E-state index in [0.717, 1.165) is 18.4 Å². The second-order valence-corrected chi connectivity index (χ2v) is 10.1. The number of unbranched alkanes of at least 4 members (excludes halogenated alkanes) is 19. The smallest absolute Gasteiger partial charge is 0.315 e. The number of amides is 2. The maximum atomic E-state index is 11.7. The van der Waals surface area contributed by atoms with Crippen LogP contribution in [0, 0.1) is 0 Å². The van der Waals surface area contributed by atoms with Crippen molar-refractivity contribution < 1.29 is 9.90 Å². The van der Waals surface area contributed by atoms with Crippen molar-refractivity contribution in [2.75, 3.05) is 6.54 Å². The van der Waals surface area contributed by atoms with E-state index in [2.05, 4.69) is 6.92 Å². The van der Waals surface area contributed by atoms with E-state index in [4.69, 9.17) is 5.73 Å². The zero-order valence-corrected chi connectivity index (χ0v) is 22.2. The van der Waals surface area contributed by atoms with Crippen LogP contribution in [-0.4, -0.2) is 22.6 Å². The number of phenols is 1. The van der Waals surface area contributed by atoms with Gasteiger partial charge in [-0.15, -0.1) is 0 Å². The maximum absolute atomic E-state index is 11.7. The van der Waals surface area contributed by atoms with E-state index in [1.165, 1.54) is 116 Å². The molecular weight excluding hydrogens is 420 g/mol. The molecule has 0 unspecified atom stereocenters. The molecule has 3 N–H and O–H groups in total. The molecule has 0 heterocycles. The molecule has 1 rings (SSSR count). The van der Waals surface area contributed by atoms with Crippen LogP contribution in [0.4, 0.5) is 4.79 Å². The Balaban J connectivity index is 1.84. The second-order valence-electron chi connectivity index (χ2n) is 10.1. The summed E-state index contributed by atoms with van der Waals surface area (Å²) in [5.41, 5.74) is 6.53. The maximum Gasteiger partial charge on any atom is 0.315 e. The van der Waals surface area contributed by atoms with Crippen molar-refractivity contribution in [2.24, 2.45) is 5.73 Å². The highest BCUT2D eigenvalue weighted by Crippen LogP contribution is 2.16. The van der Waals surface area contributed by atoms with Crippen molar-refractivity contribution in [3.63, 3.8) is 0 Å². The molecule has 0 saturated heterocycles. The summed E-state index contributed by atoms with van der Waals surface area (Å²) in [6.07, 6.45) is 27.4. The van der Waals surface area contributed by atoms with Crippen LogP contribution in [0.25, 0.3) is 0 Å². The number of nitrogens with zero attached hydrogens (tertiary/aromatic N) is 1. The van der Waals surface area contributed by atoms with E-state index in [0.29, 0.717) is 13.1 Å². The Bertz CT molecular complexity index is 588. The van der Waals surface area contributed by atoms with Crippen LogP contribution in [0.1, 0.15) is 141 Å². The summed E-state index contributed by atoms with van der Waals surface area (Å²) in [4.78, 5) is 13.4. The van der Waals surface area contributed by atoms with Gasteiger partial charge in [-0.05, 0) is 24.1 Å². The average Bonchev–Trinajstić information content (AvgIpc) is 2.83. The number of phenolic OH excluding ortho intramolecular Hbond substituents is 1. The summed E-state index contributed by atoms with van der Waals surface area (Å²) in [5, 5.41) is 9.38. The van der Waals surface area contributed by atoms with Crippen molar-refractivity contribution in [1.29, 1.82) is 0 Å². The zero-order valence-electron chi connectivity index (χ0n) is 22.2. The number of aromatic hydroxyl groups is 1. The largest absolute Gasteiger partial charge is 0.508 e. The van der Waals surface area contributed by atoms with Gasteiger partial charge in [0.2, 0.25) is 0 Å². The molecule has 196 valence electrons. The van der Waals surface area contributed by atoms with Crippen LogP contribution < -0.4 is 5.73 Å². The van der Waals surface area contributed by atoms with E-state index in [1.54, 1.807) is 17.0 Å². The number of hydrogen-bond donors (Lipinski definition) is 2. The highest BCUT2D eigenvalue weighted by molar-refractivity contribution is 5.72. The summed E-state index contributed by atoms with van der Waals surface area (Å²) >= 11 is 0. The minimum Gasteiger partial charge on any atom is -0.508 e. The number of urea groups is 1. The highest BCUT2D eigenvalue weighted by Gasteiger charge is 2.10. The van der Waals surface area contributed by atoms with Crippen molar-refractivity contribution in [3.8, 4) is 5.75 Å². The third-order valence-corrected chi connectivity index (χ3v) is 6.90. The van der Waals surface area contributed by atoms with Gasteiger partial charge < -0.3 is 15.7 Å². The average molecular weight is 475 g/mol. The summed E-state index contributed by atoms with van der Waals surface area (Å²) in [6.45, 7) is 3.50. The van der Waals surface area contributed by atoms with Gasteiger partial charge in [0.05, 0.1) is 0 Å². The van der Waals surface area contributed by atoms with Crippen LogP contribution in [0.2, 0.25) is 0 Å². The second kappa shape index (κ2) is 21.8. The Morgan fingerprint density at radius 3 is 1.35 bits per heavy atom. The minimum absolute atomic E-state index is 0.239. The lowest BCUT2D eigenvalue weighted by Gasteiger charge is -2.20. The van der Waals surface area contributed by atoms with Crippen LogP contribution in [0.5, 0.6) is 5.75 Å². The summed E-state index contributed by atoms with van der Waals surface area (Å²) in [7, 11) is 0. The van der Waals surface area contributed by atoms with Crippen molar-refractivity contribution in [2.45, 2.75) is 142 Å². The SMILES string of the molecule is CCCCCCCCCCCCCCCCCCCCCCN(Cc1ccc(O)cc1)C(N)=O. The minimum atomic E-state index is -0.370. The van der Waals surface area contributed by atoms with Gasteiger partial charge in [-0.25, -0.2) is 4.79 Å². The van der Waals surface area contributed by atoms with Gasteiger partial charge in [-0.2, -0.15) is 0 Å². The normalized spacial score (nSPS) is 11.1. The van der Waals surface area contributed by atoms with E-state index in [-0.39, 0.29) is 11.8 Å². The van der Waals surface area contributed by atoms with Crippen LogP contribution in [0.15, 0.2) is 24.3 Å². The number of carbonyl (C=O) groups excluding carboxylic acids is 1. The standard InChI is InChI=1S/C30H54N2O2/c1-2-3-4-5-6-7-8-9-10-11-12-13-14-15-16-17-18-19-20-21-26-32(30(31)34)27-28-22-24-29(33)25-23-28/h22-25,33H,2-21,26-27H2,1H3,(H2,31,34). The van der Waals surface area contributed by atoms with E-state index < -0.39 is 0 Å². The molecule has 0 spiro atoms. The Hall–Kier alpha value is -1.71. The first-order valence-corrected chi connectivity index (χ1v) is 14.5. The van der Waals surface area contributed by atoms with Crippen LogP contribution in [-0.2, 0) is 6.54 Å². The molecule has 4 heteroatoms. The summed E-state index contributed by atoms with van der Waals surface area (Å²) in [6, 6.07) is 6.59. The molecule has 0 aliphatic carbocycles. The molecule has 34 heavy (non-hydrogen) atoms. The van der Waals surface area contributed by atoms with Gasteiger partial charge in [0.15, 0.2) is 0 Å². The number of rotatable bonds is 23. The van der Waals surface area contributed by atoms with Gasteiger partial charge in [0.1, 0.15) is 5.75 Å². The lowest BCUT2D eigenvalue weighted by molar-refractivity contribution is 0.203. The molecule has 0 bridgehead atoms. The zero-order chi connectivity index (χ0) is 24.7. The molecule has 0 aromatic heterocycles. The lowest BCUT2D eigenvalue weighted by Crippen LogP contribution is -2.35. The Morgan fingerprint density at radius 2 is 1.00 bits per heavy atom. The van der Waals surface area contributed by atoms with Gasteiger partial charge in [-0.3, -0.25) is 0 Å². The molecule has 0 saturated carbocycles. The molecule has 0 aliphatic rings. The van der Waals surface area contributed by atoms with E-state index in [9.17, 15) is 9.90 Å². The van der Waals surface area contributed by atoms with Crippen molar-refractivity contribution in [3.05, 3.63) is 29.8 Å². The quantitative estimate of drug-likeness (QED) is 0.155. The fraction of sp³-hybridized carbons (Fsp3) is 0.767. The Labute approximate surface area is 210 Å². The van der Waals surface area contributed by atoms with E-state index in [1.807, 2.05) is 12.1 Å². The molecule has 1 aromatic rings. The third kappa shape index (κ3) is 17.7. The first-order valence-electron chi connectivity index (χ1n) is 14.5. The molecule has 0 radical (unpaired) electrons. The Morgan fingerprint density at radius 1 is 0.647 bits per heavy atom. The molecule has 0 fully saturated rings. The first kappa shape index (κ1) is 30.3. The molecule has 0 atom stereocenters. The topological polar surface area (TPSA) is 66.6 Å². The fourth-order valence-electron chi connectivity index (χ4n) is 4.65. The molecule has 1 aromatic carbocycles. The van der Waals surface area contributed by atoms with Crippen LogP contribution >= 0.6 is 0 Å². The fourth-order valence-corrected chi connectivity index (χ4v) is 4.65. The molecule has 0 aliphatic heterocycles. The number of primary amides is 1. The van der Waals surface area contributed by atoms with Crippen molar-refractivity contribution in [1.82, 2.24) is 4.90 Å². The lowest BCUT2D eigenvalue weighted by atomic mass is 10.0. The van der Waals surface area contributed by atoms with Crippen LogP contribution in [0.3, 0.4) is 0 Å². The van der Waals surface area contributed by atoms with Gasteiger partial charge >= 0.3 is 6.03 Å². The van der Waals surface area contributed by atoms with Crippen molar-refractivity contribution >= 4 is 6.03 Å². The predicted octanol–water partition coefficient (Wildman–Crippen LogP) is 9.09. The number of nitrogens with two attached hydrogens (primary N) is 1. The first-order chi connectivity index (χ1) is 16.6. The van der Waals surface area contributed by atoms with Gasteiger partial charge in [-0.1, -0.05) is 141 Å². The summed E-state index contributed by atoms with van der Waals surface area (Å²) in [5.74, 6) is 0.239. The summed E-state index contributed by atoms with van der Waals surface area (Å²) < 4.78 is 0. The Kier molecular flexibility index (Phi) is 19.4. The van der Waals surface area contributed by atoms with Gasteiger partial charge in [0, 0.05) is 13.1 Å². The van der Waals surface area contributed by atoms with E-state index >= 15 is 0 Å². The highest BCUT2D eigenvalue weighted by atomic mass is 16.3. The number of hydrogen-bond acceptors (Lipinski definition) is 2. The number of carbonyl (C=O) groups is 1. The molecular formula is C30H54N2O2. The number of benzene rings is 1. The monoisotopic (exact) mass is 474 g/mol. The van der Waals surface area contributed by atoms with Gasteiger partial charge in [0.25, 0.3) is 0 Å². The predicted molar refractivity (Wildman–Crippen MR) is 146 cm³/mol. The third-order valence-electron chi connectivity index (χ3n) is 6.90. The molecule has 4 nitrogen and oxygen atoms in total. The molecule has 2 amide bonds.